The van der Waals surface area contributed by atoms with Gasteiger partial charge in [0.25, 0.3) is 0 Å². The number of hydrogen-bond acceptors (Lipinski definition) is 6. The van der Waals surface area contributed by atoms with E-state index in [1.54, 1.807) is 17.7 Å². The second-order valence-electron chi connectivity index (χ2n) is 10.6. The molecule has 0 fully saturated rings. The highest BCUT2D eigenvalue weighted by Gasteiger charge is 2.19. The minimum Gasteiger partial charge on any atom is -0.308 e. The van der Waals surface area contributed by atoms with E-state index in [0.717, 1.165) is 49.0 Å². The SMILES string of the molecule is c1ccc(-c2nc(-c3ccccc3)nc(-c3cccc(-n4c5ccccc5c5ccc6sc7cncnc7c6c54)c3)n2)cc1. The van der Waals surface area contributed by atoms with E-state index < -0.39 is 0 Å². The largest absolute Gasteiger partial charge is 0.308 e. The van der Waals surface area contributed by atoms with Crippen LogP contribution in [0.1, 0.15) is 0 Å². The first-order valence-electron chi connectivity index (χ1n) is 14.3. The third kappa shape index (κ3) is 3.91. The molecule has 0 aliphatic rings. The first-order chi connectivity index (χ1) is 21.8. The molecule has 9 aromatic rings. The Bertz CT molecular complexity index is 2440. The molecule has 0 radical (unpaired) electrons. The summed E-state index contributed by atoms with van der Waals surface area (Å²) < 4.78 is 4.61. The van der Waals surface area contributed by atoms with Crippen molar-refractivity contribution in [3.8, 4) is 39.9 Å². The molecule has 4 aromatic heterocycles. The van der Waals surface area contributed by atoms with E-state index in [9.17, 15) is 0 Å². The Morgan fingerprint density at radius 1 is 0.545 bits per heavy atom. The first kappa shape index (κ1) is 24.8. The number of benzene rings is 5. The Kier molecular flexibility index (Phi) is 5.57. The van der Waals surface area contributed by atoms with Crippen molar-refractivity contribution in [2.75, 3.05) is 0 Å². The van der Waals surface area contributed by atoms with Gasteiger partial charge in [0.2, 0.25) is 0 Å². The molecule has 0 atom stereocenters. The number of aromatic nitrogens is 6. The second-order valence-corrected chi connectivity index (χ2v) is 11.7. The highest BCUT2D eigenvalue weighted by Crippen LogP contribution is 2.42. The quantitative estimate of drug-likeness (QED) is 0.207. The lowest BCUT2D eigenvalue weighted by Crippen LogP contribution is -2.01. The Morgan fingerprint density at radius 3 is 1.95 bits per heavy atom. The van der Waals surface area contributed by atoms with Gasteiger partial charge in [-0.15, -0.1) is 11.3 Å². The fourth-order valence-corrected chi connectivity index (χ4v) is 7.07. The molecular weight excluding hydrogens is 561 g/mol. The van der Waals surface area contributed by atoms with Crippen LogP contribution in [0.4, 0.5) is 0 Å². The normalized spacial score (nSPS) is 11.6. The van der Waals surface area contributed by atoms with E-state index in [0.29, 0.717) is 17.5 Å². The van der Waals surface area contributed by atoms with Crippen molar-refractivity contribution in [3.05, 3.63) is 134 Å². The van der Waals surface area contributed by atoms with Crippen molar-refractivity contribution in [1.29, 1.82) is 0 Å². The molecule has 206 valence electrons. The summed E-state index contributed by atoms with van der Waals surface area (Å²) in [5.74, 6) is 1.91. The third-order valence-electron chi connectivity index (χ3n) is 8.00. The van der Waals surface area contributed by atoms with Crippen LogP contribution in [0.15, 0.2) is 134 Å². The molecule has 6 nitrogen and oxygen atoms in total. The lowest BCUT2D eigenvalue weighted by Gasteiger charge is -2.12. The van der Waals surface area contributed by atoms with Gasteiger partial charge in [-0.2, -0.15) is 0 Å². The van der Waals surface area contributed by atoms with Gasteiger partial charge in [-0.1, -0.05) is 97.1 Å². The molecule has 0 aliphatic heterocycles. The lowest BCUT2D eigenvalue weighted by molar-refractivity contribution is 1.07. The molecule has 5 aromatic carbocycles. The summed E-state index contributed by atoms with van der Waals surface area (Å²) >= 11 is 1.72. The maximum Gasteiger partial charge on any atom is 0.164 e. The topological polar surface area (TPSA) is 69.4 Å². The second kappa shape index (κ2) is 9.90. The number of rotatable bonds is 4. The average Bonchev–Trinajstić information content (AvgIpc) is 3.65. The molecule has 0 saturated carbocycles. The molecule has 4 heterocycles. The summed E-state index contributed by atoms with van der Waals surface area (Å²) in [4.78, 5) is 23.9. The molecule has 7 heteroatoms. The summed E-state index contributed by atoms with van der Waals surface area (Å²) in [5.41, 5.74) is 7.07. The maximum atomic E-state index is 4.98. The predicted molar refractivity (Wildman–Crippen MR) is 179 cm³/mol. The van der Waals surface area contributed by atoms with Crippen LogP contribution in [-0.2, 0) is 0 Å². The van der Waals surface area contributed by atoms with Gasteiger partial charge in [0.1, 0.15) is 6.33 Å². The number of fused-ring (bicyclic) bond motifs is 7. The van der Waals surface area contributed by atoms with E-state index in [4.69, 9.17) is 19.9 Å². The van der Waals surface area contributed by atoms with Gasteiger partial charge in [-0.3, -0.25) is 0 Å². The van der Waals surface area contributed by atoms with Crippen molar-refractivity contribution >= 4 is 53.4 Å². The Balaban J connectivity index is 1.31. The van der Waals surface area contributed by atoms with Gasteiger partial charge in [0, 0.05) is 49.4 Å². The van der Waals surface area contributed by atoms with Gasteiger partial charge in [0.05, 0.1) is 21.3 Å². The zero-order valence-electron chi connectivity index (χ0n) is 23.3. The summed E-state index contributed by atoms with van der Waals surface area (Å²) in [7, 11) is 0. The summed E-state index contributed by atoms with van der Waals surface area (Å²) in [6.45, 7) is 0. The van der Waals surface area contributed by atoms with E-state index >= 15 is 0 Å². The van der Waals surface area contributed by atoms with Crippen LogP contribution in [0, 0.1) is 0 Å². The molecule has 0 saturated heterocycles. The molecule has 0 aliphatic carbocycles. The van der Waals surface area contributed by atoms with Gasteiger partial charge in [0.15, 0.2) is 17.5 Å². The zero-order valence-corrected chi connectivity index (χ0v) is 24.1. The summed E-state index contributed by atoms with van der Waals surface area (Å²) in [6, 6.07) is 41.6. The molecule has 0 N–H and O–H groups in total. The van der Waals surface area contributed by atoms with Crippen molar-refractivity contribution < 1.29 is 0 Å². The first-order valence-corrected chi connectivity index (χ1v) is 15.2. The fourth-order valence-electron chi connectivity index (χ4n) is 6.04. The zero-order chi connectivity index (χ0) is 29.0. The molecule has 0 unspecified atom stereocenters. The molecule has 9 rings (SSSR count). The lowest BCUT2D eigenvalue weighted by atomic mass is 10.1. The maximum absolute atomic E-state index is 4.98. The third-order valence-corrected chi connectivity index (χ3v) is 9.07. The Labute approximate surface area is 256 Å². The van der Waals surface area contributed by atoms with Crippen LogP contribution in [0.5, 0.6) is 0 Å². The van der Waals surface area contributed by atoms with Gasteiger partial charge in [-0.25, -0.2) is 24.9 Å². The molecular formula is C37H22N6S. The highest BCUT2D eigenvalue weighted by atomic mass is 32.1. The number of thiophene rings is 1. The van der Waals surface area contributed by atoms with Crippen LogP contribution in [-0.4, -0.2) is 29.5 Å². The fraction of sp³-hybridized carbons (Fsp3) is 0. The van der Waals surface area contributed by atoms with E-state index in [-0.39, 0.29) is 0 Å². The van der Waals surface area contributed by atoms with Gasteiger partial charge >= 0.3 is 0 Å². The number of hydrogen-bond donors (Lipinski definition) is 0. The van der Waals surface area contributed by atoms with E-state index in [1.165, 1.54) is 15.5 Å². The molecule has 0 spiro atoms. The standard InChI is InChI=1S/C37H22N6S/c1-3-10-23(11-4-1)35-40-36(24-12-5-2-6-13-24)42-37(41-35)25-14-9-15-26(20-25)43-29-17-8-7-16-27(29)28-18-19-30-32(34(28)43)33-31(44-30)21-38-22-39-33/h1-22H. The van der Waals surface area contributed by atoms with Crippen LogP contribution < -0.4 is 0 Å². The highest BCUT2D eigenvalue weighted by molar-refractivity contribution is 7.25. The Morgan fingerprint density at radius 2 is 1.20 bits per heavy atom. The summed E-state index contributed by atoms with van der Waals surface area (Å²) in [6.07, 6.45) is 3.54. The van der Waals surface area contributed by atoms with Crippen LogP contribution >= 0.6 is 11.3 Å². The van der Waals surface area contributed by atoms with Crippen LogP contribution in [0.25, 0.3) is 82.0 Å². The van der Waals surface area contributed by atoms with E-state index in [1.807, 2.05) is 66.9 Å². The molecule has 44 heavy (non-hydrogen) atoms. The molecule has 0 amide bonds. The number of para-hydroxylation sites is 1. The van der Waals surface area contributed by atoms with Gasteiger partial charge < -0.3 is 4.57 Å². The Hall–Kier alpha value is -5.79. The van der Waals surface area contributed by atoms with Crippen molar-refractivity contribution in [2.45, 2.75) is 0 Å². The average molecular weight is 583 g/mol. The van der Waals surface area contributed by atoms with Crippen molar-refractivity contribution in [1.82, 2.24) is 29.5 Å². The minimum absolute atomic E-state index is 0.624. The van der Waals surface area contributed by atoms with Crippen molar-refractivity contribution in [2.24, 2.45) is 0 Å². The van der Waals surface area contributed by atoms with Crippen LogP contribution in [0.3, 0.4) is 0 Å². The predicted octanol–water partition coefficient (Wildman–Crippen LogP) is 9.13. The summed E-state index contributed by atoms with van der Waals surface area (Å²) in [5, 5.41) is 3.53. The minimum atomic E-state index is 0.624. The monoisotopic (exact) mass is 582 g/mol. The van der Waals surface area contributed by atoms with Crippen LogP contribution in [0.2, 0.25) is 0 Å². The van der Waals surface area contributed by atoms with E-state index in [2.05, 4.69) is 70.2 Å². The smallest absolute Gasteiger partial charge is 0.164 e. The van der Waals surface area contributed by atoms with Crippen molar-refractivity contribution in [3.63, 3.8) is 0 Å². The number of nitrogens with zero attached hydrogens (tertiary/aromatic N) is 6. The van der Waals surface area contributed by atoms with Gasteiger partial charge in [-0.05, 0) is 24.3 Å². The molecule has 0 bridgehead atoms.